The van der Waals surface area contributed by atoms with E-state index >= 15 is 0 Å². The number of hydrogen-bond donors (Lipinski definition) is 1. The van der Waals surface area contributed by atoms with Crippen LogP contribution in [0.25, 0.3) is 0 Å². The molecule has 2 heterocycles. The van der Waals surface area contributed by atoms with Crippen molar-refractivity contribution in [2.45, 2.75) is 26.3 Å². The van der Waals surface area contributed by atoms with Crippen molar-refractivity contribution in [2.75, 3.05) is 39.5 Å². The van der Waals surface area contributed by atoms with Gasteiger partial charge in [-0.05, 0) is 47.7 Å². The molecule has 1 aliphatic rings. The molecule has 0 aliphatic carbocycles. The average Bonchev–Trinajstić information content (AvgIpc) is 2.88. The van der Waals surface area contributed by atoms with E-state index in [-0.39, 0.29) is 24.0 Å². The van der Waals surface area contributed by atoms with E-state index < -0.39 is 10.0 Å². The quantitative estimate of drug-likeness (QED) is 0.321. The first-order valence-corrected chi connectivity index (χ1v) is 11.6. The van der Waals surface area contributed by atoms with Crippen LogP contribution in [0.5, 0.6) is 0 Å². The summed E-state index contributed by atoms with van der Waals surface area (Å²) in [6.07, 6.45) is 5.06. The molecule has 1 aliphatic heterocycles. The molecule has 10 heteroatoms. The summed E-state index contributed by atoms with van der Waals surface area (Å²) in [5, 5.41) is 3.35. The van der Waals surface area contributed by atoms with Crippen molar-refractivity contribution in [2.24, 2.45) is 18.0 Å². The van der Waals surface area contributed by atoms with E-state index in [1.807, 2.05) is 20.3 Å². The Balaban J connectivity index is 0.00000364. The van der Waals surface area contributed by atoms with Crippen LogP contribution in [0.1, 0.15) is 25.5 Å². The molecular formula is C17H31BrIN5O2S. The van der Waals surface area contributed by atoms with Crippen LogP contribution in [0.2, 0.25) is 0 Å². The first-order chi connectivity index (χ1) is 12.2. The molecule has 0 spiro atoms. The van der Waals surface area contributed by atoms with Gasteiger partial charge < -0.3 is 14.8 Å². The van der Waals surface area contributed by atoms with Gasteiger partial charge in [0.15, 0.2) is 5.96 Å². The number of nitrogens with zero attached hydrogens (tertiary/aromatic N) is 4. The van der Waals surface area contributed by atoms with Crippen molar-refractivity contribution in [3.05, 3.63) is 22.4 Å². The molecule has 0 aromatic carbocycles. The highest BCUT2D eigenvalue weighted by molar-refractivity contribution is 14.0. The van der Waals surface area contributed by atoms with Crippen molar-refractivity contribution in [3.8, 4) is 0 Å². The van der Waals surface area contributed by atoms with Gasteiger partial charge in [-0.3, -0.25) is 4.99 Å². The molecule has 1 aromatic heterocycles. The molecule has 0 amide bonds. The van der Waals surface area contributed by atoms with Gasteiger partial charge in [-0.2, -0.15) is 0 Å². The minimum absolute atomic E-state index is 0. The Bertz CT molecular complexity index is 730. The first-order valence-electron chi connectivity index (χ1n) is 8.96. The van der Waals surface area contributed by atoms with E-state index in [1.54, 1.807) is 4.31 Å². The summed E-state index contributed by atoms with van der Waals surface area (Å²) in [4.78, 5) is 6.92. The maximum absolute atomic E-state index is 11.6. The van der Waals surface area contributed by atoms with Crippen molar-refractivity contribution in [1.82, 2.24) is 19.1 Å². The number of aromatic nitrogens is 1. The van der Waals surface area contributed by atoms with Gasteiger partial charge in [0, 0.05) is 56.6 Å². The highest BCUT2D eigenvalue weighted by atomic mass is 127. The van der Waals surface area contributed by atoms with Crippen LogP contribution in [0, 0.1) is 5.92 Å². The molecule has 1 saturated heterocycles. The summed E-state index contributed by atoms with van der Waals surface area (Å²) in [5.41, 5.74) is 1.20. The van der Waals surface area contributed by atoms with Crippen LogP contribution < -0.4 is 5.32 Å². The van der Waals surface area contributed by atoms with Crippen molar-refractivity contribution in [3.63, 3.8) is 0 Å². The zero-order valence-electron chi connectivity index (χ0n) is 16.5. The summed E-state index contributed by atoms with van der Waals surface area (Å²) in [7, 11) is 1.00. The zero-order chi connectivity index (χ0) is 19.3. The lowest BCUT2D eigenvalue weighted by Gasteiger charge is -2.30. The van der Waals surface area contributed by atoms with E-state index in [2.05, 4.69) is 43.7 Å². The number of aryl methyl sites for hydroxylation is 1. The van der Waals surface area contributed by atoms with Crippen LogP contribution in [0.4, 0.5) is 0 Å². The Labute approximate surface area is 188 Å². The van der Waals surface area contributed by atoms with Crippen molar-refractivity contribution in [1.29, 1.82) is 0 Å². The normalized spacial score (nSPS) is 16.9. The second-order valence-electron chi connectivity index (χ2n) is 6.92. The maximum Gasteiger partial charge on any atom is 0.211 e. The molecule has 1 N–H and O–H groups in total. The highest BCUT2D eigenvalue weighted by Gasteiger charge is 2.24. The Morgan fingerprint density at radius 1 is 1.41 bits per heavy atom. The molecule has 0 bridgehead atoms. The van der Waals surface area contributed by atoms with Gasteiger partial charge in [-0.1, -0.05) is 0 Å². The summed E-state index contributed by atoms with van der Waals surface area (Å²) < 4.78 is 28.0. The van der Waals surface area contributed by atoms with Gasteiger partial charge in [0.2, 0.25) is 10.0 Å². The number of piperidine rings is 1. The molecule has 1 aromatic rings. The van der Waals surface area contributed by atoms with E-state index in [0.29, 0.717) is 19.0 Å². The maximum atomic E-state index is 11.6. The molecule has 27 heavy (non-hydrogen) atoms. The monoisotopic (exact) mass is 575 g/mol. The molecule has 1 fully saturated rings. The second-order valence-corrected chi connectivity index (χ2v) is 9.81. The van der Waals surface area contributed by atoms with E-state index in [1.165, 1.54) is 11.9 Å². The molecule has 156 valence electrons. The van der Waals surface area contributed by atoms with Crippen LogP contribution in [0.3, 0.4) is 0 Å². The highest BCUT2D eigenvalue weighted by Crippen LogP contribution is 2.20. The number of hydrogen-bond acceptors (Lipinski definition) is 3. The Kier molecular flexibility index (Phi) is 10.1. The first kappa shape index (κ1) is 24.7. The molecule has 7 nitrogen and oxygen atoms in total. The Morgan fingerprint density at radius 3 is 2.52 bits per heavy atom. The van der Waals surface area contributed by atoms with Crippen LogP contribution >= 0.6 is 39.9 Å². The van der Waals surface area contributed by atoms with Gasteiger partial charge in [0.05, 0.1) is 12.8 Å². The minimum Gasteiger partial charge on any atom is -0.357 e. The lowest BCUT2D eigenvalue weighted by Crippen LogP contribution is -2.40. The number of aliphatic imine (C=N–C) groups is 1. The topological polar surface area (TPSA) is 69.9 Å². The van der Waals surface area contributed by atoms with Crippen LogP contribution in [-0.4, -0.2) is 67.6 Å². The lowest BCUT2D eigenvalue weighted by molar-refractivity contribution is 0.279. The van der Waals surface area contributed by atoms with Gasteiger partial charge in [-0.25, -0.2) is 12.7 Å². The SMILES string of the molecule is CCNC(=NCC1CCN(S(C)(=O)=O)CC1)N(C)Cc1cc(Br)cn1C.I. The van der Waals surface area contributed by atoms with Gasteiger partial charge in [0.1, 0.15) is 0 Å². The third kappa shape index (κ3) is 7.54. The Morgan fingerprint density at radius 2 is 2.04 bits per heavy atom. The van der Waals surface area contributed by atoms with E-state index in [4.69, 9.17) is 4.99 Å². The minimum atomic E-state index is -3.07. The Hall–Kier alpha value is -0.330. The number of nitrogens with one attached hydrogen (secondary N) is 1. The number of sulfonamides is 1. The second kappa shape index (κ2) is 11.0. The fourth-order valence-corrected chi connectivity index (χ4v) is 4.60. The summed E-state index contributed by atoms with van der Waals surface area (Å²) in [6.45, 7) is 5.56. The fraction of sp³-hybridized carbons (Fsp3) is 0.706. The average molecular weight is 576 g/mol. The van der Waals surface area contributed by atoms with Gasteiger partial charge >= 0.3 is 0 Å². The van der Waals surface area contributed by atoms with Crippen molar-refractivity contribution < 1.29 is 8.42 Å². The van der Waals surface area contributed by atoms with E-state index in [9.17, 15) is 8.42 Å². The summed E-state index contributed by atoms with van der Waals surface area (Å²) in [5.74, 6) is 1.31. The van der Waals surface area contributed by atoms with Crippen molar-refractivity contribution >= 4 is 55.9 Å². The largest absolute Gasteiger partial charge is 0.357 e. The predicted octanol–water partition coefficient (Wildman–Crippen LogP) is 2.47. The summed E-state index contributed by atoms with van der Waals surface area (Å²) >= 11 is 3.51. The number of rotatable bonds is 6. The lowest BCUT2D eigenvalue weighted by atomic mass is 9.98. The molecular weight excluding hydrogens is 545 g/mol. The smallest absolute Gasteiger partial charge is 0.211 e. The standard InChI is InChI=1S/C17H30BrN5O2S.HI/c1-5-19-17(22(3)13-16-10-15(18)12-21(16)2)20-11-14-6-8-23(9-7-14)26(4,24)25;/h10,12,14H,5-9,11,13H2,1-4H3,(H,19,20);1H. The summed E-state index contributed by atoms with van der Waals surface area (Å²) in [6, 6.07) is 2.11. The van der Waals surface area contributed by atoms with Crippen LogP contribution in [-0.2, 0) is 23.6 Å². The third-order valence-electron chi connectivity index (χ3n) is 4.71. The molecule has 0 radical (unpaired) electrons. The fourth-order valence-electron chi connectivity index (χ4n) is 3.15. The predicted molar refractivity (Wildman–Crippen MR) is 125 cm³/mol. The van der Waals surface area contributed by atoms with Gasteiger partial charge in [0.25, 0.3) is 0 Å². The number of halogens is 2. The molecule has 0 atom stereocenters. The zero-order valence-corrected chi connectivity index (χ0v) is 21.2. The third-order valence-corrected chi connectivity index (χ3v) is 6.45. The van der Waals surface area contributed by atoms with E-state index in [0.717, 1.165) is 42.9 Å². The van der Waals surface area contributed by atoms with Gasteiger partial charge in [-0.15, -0.1) is 24.0 Å². The number of guanidine groups is 1. The molecule has 2 rings (SSSR count). The molecule has 0 saturated carbocycles. The van der Waals surface area contributed by atoms with Crippen LogP contribution in [0.15, 0.2) is 21.7 Å². The molecule has 0 unspecified atom stereocenters.